The molecule has 0 saturated heterocycles. The largest absolute Gasteiger partial charge is 0.373 e. The first-order chi connectivity index (χ1) is 13.2. The Kier molecular flexibility index (Phi) is 45.5. The molecule has 0 aliphatic carbocycles. The summed E-state index contributed by atoms with van der Waals surface area (Å²) < 4.78 is 0. The molecule has 0 spiro atoms. The van der Waals surface area contributed by atoms with Gasteiger partial charge in [-0.2, -0.15) is 5.48 Å². The zero-order valence-corrected chi connectivity index (χ0v) is 23.7. The van der Waals surface area contributed by atoms with Gasteiger partial charge in [-0.05, 0) is 37.4 Å². The number of carbonyl (C=O) groups is 1. The van der Waals surface area contributed by atoms with Crippen molar-refractivity contribution in [1.29, 1.82) is 0 Å². The van der Waals surface area contributed by atoms with E-state index in [4.69, 9.17) is 0 Å². The molecule has 0 radical (unpaired) electrons. The van der Waals surface area contributed by atoms with Crippen LogP contribution in [0.2, 0.25) is 0 Å². The first-order valence-corrected chi connectivity index (χ1v) is 15.5. The predicted molar refractivity (Wildman–Crippen MR) is 145 cm³/mol. The van der Waals surface area contributed by atoms with Crippen molar-refractivity contribution in [2.75, 3.05) is 23.0 Å². The number of thiocarbonyl (C=S) groups is 1. The quantitative estimate of drug-likeness (QED) is 0.142. The van der Waals surface area contributed by atoms with Crippen LogP contribution in [0, 0.1) is 5.92 Å². The summed E-state index contributed by atoms with van der Waals surface area (Å²) in [5, 5.41) is 0.306. The first kappa shape index (κ1) is 36.2. The number of rotatable bonds is 10. The van der Waals surface area contributed by atoms with Crippen LogP contribution in [0.25, 0.3) is 0 Å². The molecule has 1 N–H and O–H groups in total. The minimum absolute atomic E-state index is 0.255. The SMILES string of the molecule is CC(=O)NOC(C)=S.CCC(C)C.CCCSSCC.CCCSSCCC. The van der Waals surface area contributed by atoms with Crippen LogP contribution in [0.4, 0.5) is 0 Å². The van der Waals surface area contributed by atoms with Gasteiger partial charge in [-0.1, -0.05) is 98.1 Å². The van der Waals surface area contributed by atoms with Crippen molar-refractivity contribution in [1.82, 2.24) is 5.48 Å². The molecule has 0 unspecified atom stereocenters. The van der Waals surface area contributed by atoms with E-state index in [0.717, 1.165) is 5.92 Å². The van der Waals surface area contributed by atoms with Gasteiger partial charge < -0.3 is 4.84 Å². The van der Waals surface area contributed by atoms with Gasteiger partial charge >= 0.3 is 0 Å². The lowest BCUT2D eigenvalue weighted by Crippen LogP contribution is -2.21. The highest BCUT2D eigenvalue weighted by molar-refractivity contribution is 8.77. The van der Waals surface area contributed by atoms with Gasteiger partial charge in [0, 0.05) is 36.9 Å². The van der Waals surface area contributed by atoms with Gasteiger partial charge in [0.2, 0.25) is 5.91 Å². The Morgan fingerprint density at radius 2 is 1.21 bits per heavy atom. The van der Waals surface area contributed by atoms with Crippen LogP contribution in [-0.2, 0) is 9.63 Å². The standard InChI is InChI=1S/C6H14S2.C5H12S2.C5H12.C4H7NO2S/c1-3-5-7-8-6-4-2;1-3-5-7-6-4-2;1-4-5(2)3;1-3(6)5-7-4(2)8/h3-6H2,1-2H3;3-5H2,1-2H3;5H,4H2,1-3H3;1-2H3,(H,5,6). The second-order valence-corrected chi connectivity index (χ2v) is 12.1. The molecule has 0 bridgehead atoms. The lowest BCUT2D eigenvalue weighted by atomic mass is 10.2. The Morgan fingerprint density at radius 3 is 1.39 bits per heavy atom. The molecule has 0 aliphatic rings. The van der Waals surface area contributed by atoms with Crippen LogP contribution >= 0.6 is 55.4 Å². The summed E-state index contributed by atoms with van der Waals surface area (Å²) in [4.78, 5) is 14.5. The van der Waals surface area contributed by atoms with Crippen LogP contribution < -0.4 is 5.48 Å². The van der Waals surface area contributed by atoms with E-state index in [0.29, 0.717) is 5.05 Å². The van der Waals surface area contributed by atoms with Crippen molar-refractivity contribution in [3.05, 3.63) is 0 Å². The minimum atomic E-state index is -0.255. The van der Waals surface area contributed by atoms with E-state index in [1.807, 2.05) is 43.2 Å². The Hall–Kier alpha value is 0.760. The average molecular weight is 492 g/mol. The van der Waals surface area contributed by atoms with E-state index in [1.165, 1.54) is 55.6 Å². The molecular formula is C20H45NO2S5. The van der Waals surface area contributed by atoms with E-state index in [1.54, 1.807) is 6.92 Å². The molecule has 0 atom stereocenters. The number of carbonyl (C=O) groups excluding carboxylic acids is 1. The highest BCUT2D eigenvalue weighted by atomic mass is 33.1. The highest BCUT2D eigenvalue weighted by Gasteiger charge is 1.88. The number of nitrogens with one attached hydrogen (secondary N) is 1. The van der Waals surface area contributed by atoms with Gasteiger partial charge in [0.15, 0.2) is 5.05 Å². The molecular weight excluding hydrogens is 447 g/mol. The Bertz CT molecular complexity index is 282. The third-order valence-electron chi connectivity index (χ3n) is 2.30. The molecule has 3 nitrogen and oxygen atoms in total. The molecule has 0 aromatic heterocycles. The Labute approximate surface area is 197 Å². The average Bonchev–Trinajstić information content (AvgIpc) is 2.65. The molecule has 0 saturated carbocycles. The van der Waals surface area contributed by atoms with Gasteiger partial charge in [-0.3, -0.25) is 4.79 Å². The summed E-state index contributed by atoms with van der Waals surface area (Å²) in [7, 11) is 7.91. The van der Waals surface area contributed by atoms with Crippen LogP contribution in [-0.4, -0.2) is 34.0 Å². The summed E-state index contributed by atoms with van der Waals surface area (Å²) in [6.07, 6.45) is 5.22. The van der Waals surface area contributed by atoms with Gasteiger partial charge in [0.05, 0.1) is 0 Å². The zero-order chi connectivity index (χ0) is 22.6. The van der Waals surface area contributed by atoms with E-state index < -0.39 is 0 Å². The molecule has 0 aromatic rings. The number of hydroxylamine groups is 1. The van der Waals surface area contributed by atoms with Crippen molar-refractivity contribution in [3.8, 4) is 0 Å². The van der Waals surface area contributed by atoms with Gasteiger partial charge in [0.25, 0.3) is 0 Å². The molecule has 0 aromatic carbocycles. The van der Waals surface area contributed by atoms with E-state index in [2.05, 4.69) is 71.0 Å². The summed E-state index contributed by atoms with van der Waals surface area (Å²) in [5.41, 5.74) is 2.06. The van der Waals surface area contributed by atoms with Crippen molar-refractivity contribution >= 4 is 66.4 Å². The lowest BCUT2D eigenvalue weighted by molar-refractivity contribution is -0.125. The van der Waals surface area contributed by atoms with E-state index >= 15 is 0 Å². The molecule has 0 rings (SSSR count). The number of hydrogen-bond acceptors (Lipinski definition) is 7. The zero-order valence-electron chi connectivity index (χ0n) is 19.6. The molecule has 28 heavy (non-hydrogen) atoms. The summed E-state index contributed by atoms with van der Waals surface area (Å²) >= 11 is 4.48. The normalized spacial score (nSPS) is 9.07. The van der Waals surface area contributed by atoms with Crippen molar-refractivity contribution in [3.63, 3.8) is 0 Å². The number of hydrogen-bond donors (Lipinski definition) is 1. The monoisotopic (exact) mass is 491 g/mol. The maximum absolute atomic E-state index is 10.1. The lowest BCUT2D eigenvalue weighted by Gasteiger charge is -1.98. The molecule has 0 fully saturated rings. The van der Waals surface area contributed by atoms with E-state index in [-0.39, 0.29) is 5.91 Å². The molecule has 1 amide bonds. The van der Waals surface area contributed by atoms with Gasteiger partial charge in [-0.25, -0.2) is 0 Å². The predicted octanol–water partition coefficient (Wildman–Crippen LogP) is 8.44. The van der Waals surface area contributed by atoms with Crippen LogP contribution in [0.3, 0.4) is 0 Å². The molecule has 0 heterocycles. The third-order valence-corrected chi connectivity index (χ3v) is 7.89. The second kappa shape index (κ2) is 35.2. The summed E-state index contributed by atoms with van der Waals surface area (Å²) in [6.45, 7) is 18.4. The third kappa shape index (κ3) is 63.2. The molecule has 8 heteroatoms. The minimum Gasteiger partial charge on any atom is -0.373 e. The smallest absolute Gasteiger partial charge is 0.249 e. The number of amides is 1. The van der Waals surface area contributed by atoms with Crippen LogP contribution in [0.15, 0.2) is 0 Å². The topological polar surface area (TPSA) is 38.3 Å². The van der Waals surface area contributed by atoms with Crippen molar-refractivity contribution < 1.29 is 9.63 Å². The Balaban J connectivity index is -0.000000139. The van der Waals surface area contributed by atoms with Crippen molar-refractivity contribution in [2.24, 2.45) is 5.92 Å². The van der Waals surface area contributed by atoms with Crippen LogP contribution in [0.1, 0.15) is 88.0 Å². The Morgan fingerprint density at radius 1 is 0.857 bits per heavy atom. The van der Waals surface area contributed by atoms with Crippen LogP contribution in [0.5, 0.6) is 0 Å². The van der Waals surface area contributed by atoms with Gasteiger partial charge in [0.1, 0.15) is 0 Å². The summed E-state index contributed by atoms with van der Waals surface area (Å²) in [5.74, 6) is 5.79. The fourth-order valence-corrected chi connectivity index (χ4v) is 4.78. The van der Waals surface area contributed by atoms with E-state index in [9.17, 15) is 4.79 Å². The maximum Gasteiger partial charge on any atom is 0.249 e. The van der Waals surface area contributed by atoms with Crippen molar-refractivity contribution in [2.45, 2.75) is 88.0 Å². The second-order valence-electron chi connectivity index (χ2n) is 5.93. The first-order valence-electron chi connectivity index (χ1n) is 10.2. The summed E-state index contributed by atoms with van der Waals surface area (Å²) in [6, 6.07) is 0. The fourth-order valence-electron chi connectivity index (χ4n) is 0.654. The highest BCUT2D eigenvalue weighted by Crippen LogP contribution is 2.21. The molecule has 0 aliphatic heterocycles. The molecule has 172 valence electrons. The fraction of sp³-hybridized carbons (Fsp3) is 0.900. The maximum atomic E-state index is 10.1. The van der Waals surface area contributed by atoms with Gasteiger partial charge in [-0.15, -0.1) is 0 Å².